The minimum absolute atomic E-state index is 0. The molecule has 0 aromatic heterocycles. The van der Waals surface area contributed by atoms with Gasteiger partial charge in [0, 0.05) is 6.54 Å². The number of halogens is 1. The van der Waals surface area contributed by atoms with Gasteiger partial charge in [-0.2, -0.15) is 0 Å². The third-order valence-electron chi connectivity index (χ3n) is 4.30. The lowest BCUT2D eigenvalue weighted by atomic mass is 9.87. The molecule has 1 aliphatic rings. The topological polar surface area (TPSA) is 55.1 Å². The number of hydrogen-bond donors (Lipinski definition) is 2. The van der Waals surface area contributed by atoms with Crippen LogP contribution in [0.3, 0.4) is 0 Å². The summed E-state index contributed by atoms with van der Waals surface area (Å²) >= 11 is 0. The Balaban J connectivity index is 0.00000220. The molecule has 1 unspecified atom stereocenters. The standard InChI is InChI=1S/C17H26N2O.ClH/c1-13-7-9-15(10-8-13)16(18)17(20)19-12-11-14-5-3-2-4-6-14;/h7-10,14,16H,2-6,11-12,18H2,1H3,(H,19,20);1H. The number of benzene rings is 1. The van der Waals surface area contributed by atoms with E-state index in [2.05, 4.69) is 5.32 Å². The summed E-state index contributed by atoms with van der Waals surface area (Å²) < 4.78 is 0. The van der Waals surface area contributed by atoms with Crippen molar-refractivity contribution in [3.8, 4) is 0 Å². The highest BCUT2D eigenvalue weighted by Crippen LogP contribution is 2.25. The van der Waals surface area contributed by atoms with Crippen LogP contribution in [0.15, 0.2) is 24.3 Å². The Kier molecular flexibility index (Phi) is 7.76. The summed E-state index contributed by atoms with van der Waals surface area (Å²) in [5.41, 5.74) is 8.06. The molecule has 0 bridgehead atoms. The average Bonchev–Trinajstić information content (AvgIpc) is 2.48. The molecule has 1 saturated carbocycles. The van der Waals surface area contributed by atoms with Crippen molar-refractivity contribution < 1.29 is 4.79 Å². The number of nitrogens with two attached hydrogens (primary N) is 1. The summed E-state index contributed by atoms with van der Waals surface area (Å²) in [5.74, 6) is 0.726. The highest BCUT2D eigenvalue weighted by molar-refractivity contribution is 5.85. The lowest BCUT2D eigenvalue weighted by Crippen LogP contribution is -2.35. The zero-order chi connectivity index (χ0) is 14.4. The lowest BCUT2D eigenvalue weighted by Gasteiger charge is -2.22. The maximum absolute atomic E-state index is 12.0. The molecule has 0 spiro atoms. The number of amides is 1. The molecular weight excluding hydrogens is 284 g/mol. The Morgan fingerprint density at radius 1 is 1.24 bits per heavy atom. The SMILES string of the molecule is Cc1ccc(C(N)C(=O)NCCC2CCCCC2)cc1.Cl. The molecule has 1 fully saturated rings. The molecule has 1 aliphatic carbocycles. The van der Waals surface area contributed by atoms with Gasteiger partial charge in [0.25, 0.3) is 0 Å². The quantitative estimate of drug-likeness (QED) is 0.874. The summed E-state index contributed by atoms with van der Waals surface area (Å²) in [6.07, 6.45) is 7.80. The number of carbonyl (C=O) groups is 1. The zero-order valence-electron chi connectivity index (χ0n) is 12.8. The molecule has 1 atom stereocenters. The Hall–Kier alpha value is -1.06. The maximum Gasteiger partial charge on any atom is 0.241 e. The van der Waals surface area contributed by atoms with Crippen molar-refractivity contribution in [3.63, 3.8) is 0 Å². The predicted octanol–water partition coefficient (Wildman–Crippen LogP) is 3.50. The van der Waals surface area contributed by atoms with Gasteiger partial charge in [-0.05, 0) is 24.8 Å². The van der Waals surface area contributed by atoms with E-state index in [9.17, 15) is 4.79 Å². The molecule has 1 amide bonds. The summed E-state index contributed by atoms with van der Waals surface area (Å²) in [4.78, 5) is 12.0. The molecule has 118 valence electrons. The summed E-state index contributed by atoms with van der Waals surface area (Å²) in [7, 11) is 0. The average molecular weight is 311 g/mol. The van der Waals surface area contributed by atoms with Crippen LogP contribution in [0.1, 0.15) is 55.7 Å². The van der Waals surface area contributed by atoms with E-state index in [1.54, 1.807) is 0 Å². The van der Waals surface area contributed by atoms with Gasteiger partial charge in [-0.1, -0.05) is 61.9 Å². The van der Waals surface area contributed by atoms with E-state index in [4.69, 9.17) is 5.73 Å². The molecule has 0 heterocycles. The van der Waals surface area contributed by atoms with Crippen LogP contribution >= 0.6 is 12.4 Å². The van der Waals surface area contributed by atoms with Crippen LogP contribution in [-0.4, -0.2) is 12.5 Å². The van der Waals surface area contributed by atoms with Crippen LogP contribution in [-0.2, 0) is 4.79 Å². The molecule has 3 nitrogen and oxygen atoms in total. The van der Waals surface area contributed by atoms with Crippen LogP contribution in [0.2, 0.25) is 0 Å². The number of carbonyl (C=O) groups excluding carboxylic acids is 1. The monoisotopic (exact) mass is 310 g/mol. The number of hydrogen-bond acceptors (Lipinski definition) is 2. The first kappa shape index (κ1) is 18.0. The highest BCUT2D eigenvalue weighted by atomic mass is 35.5. The normalized spacial score (nSPS) is 16.9. The minimum atomic E-state index is -0.554. The molecule has 0 radical (unpaired) electrons. The van der Waals surface area contributed by atoms with Gasteiger partial charge in [0.15, 0.2) is 0 Å². The fraction of sp³-hybridized carbons (Fsp3) is 0.588. The fourth-order valence-electron chi connectivity index (χ4n) is 2.91. The number of nitrogens with one attached hydrogen (secondary N) is 1. The summed E-state index contributed by atoms with van der Waals surface area (Å²) in [6, 6.07) is 7.29. The van der Waals surface area contributed by atoms with E-state index in [1.165, 1.54) is 37.7 Å². The second kappa shape index (κ2) is 9.06. The van der Waals surface area contributed by atoms with Crippen molar-refractivity contribution >= 4 is 18.3 Å². The second-order valence-electron chi connectivity index (χ2n) is 5.97. The van der Waals surface area contributed by atoms with Crippen molar-refractivity contribution in [2.75, 3.05) is 6.54 Å². The molecule has 1 aromatic rings. The Morgan fingerprint density at radius 3 is 2.48 bits per heavy atom. The number of rotatable bonds is 5. The Labute approximate surface area is 134 Å². The van der Waals surface area contributed by atoms with E-state index in [-0.39, 0.29) is 18.3 Å². The van der Waals surface area contributed by atoms with Gasteiger partial charge in [-0.15, -0.1) is 12.4 Å². The van der Waals surface area contributed by atoms with E-state index >= 15 is 0 Å². The predicted molar refractivity (Wildman–Crippen MR) is 89.6 cm³/mol. The molecule has 0 aliphatic heterocycles. The van der Waals surface area contributed by atoms with E-state index < -0.39 is 6.04 Å². The first-order chi connectivity index (χ1) is 9.66. The van der Waals surface area contributed by atoms with Crippen LogP contribution in [0.4, 0.5) is 0 Å². The first-order valence-corrected chi connectivity index (χ1v) is 7.76. The molecule has 3 N–H and O–H groups in total. The van der Waals surface area contributed by atoms with Gasteiger partial charge in [0.2, 0.25) is 5.91 Å². The Bertz CT molecular complexity index is 427. The largest absolute Gasteiger partial charge is 0.354 e. The summed E-state index contributed by atoms with van der Waals surface area (Å²) in [5, 5.41) is 2.98. The van der Waals surface area contributed by atoms with E-state index in [1.807, 2.05) is 31.2 Å². The van der Waals surface area contributed by atoms with Crippen LogP contribution < -0.4 is 11.1 Å². The third-order valence-corrected chi connectivity index (χ3v) is 4.30. The molecular formula is C17H27ClN2O. The van der Waals surface area contributed by atoms with Crippen molar-refractivity contribution in [3.05, 3.63) is 35.4 Å². The minimum Gasteiger partial charge on any atom is -0.354 e. The van der Waals surface area contributed by atoms with E-state index in [0.717, 1.165) is 24.4 Å². The fourth-order valence-corrected chi connectivity index (χ4v) is 2.91. The van der Waals surface area contributed by atoms with Gasteiger partial charge in [0.05, 0.1) is 0 Å². The summed E-state index contributed by atoms with van der Waals surface area (Å²) in [6.45, 7) is 2.78. The van der Waals surface area contributed by atoms with Crippen molar-refractivity contribution in [2.45, 2.75) is 51.5 Å². The van der Waals surface area contributed by atoms with Crippen molar-refractivity contribution in [1.82, 2.24) is 5.32 Å². The number of aryl methyl sites for hydroxylation is 1. The smallest absolute Gasteiger partial charge is 0.241 e. The zero-order valence-corrected chi connectivity index (χ0v) is 13.6. The van der Waals surface area contributed by atoms with Gasteiger partial charge in [-0.3, -0.25) is 4.79 Å². The van der Waals surface area contributed by atoms with Crippen molar-refractivity contribution in [2.24, 2.45) is 11.7 Å². The van der Waals surface area contributed by atoms with Crippen LogP contribution in [0.5, 0.6) is 0 Å². The van der Waals surface area contributed by atoms with Gasteiger partial charge >= 0.3 is 0 Å². The third kappa shape index (κ3) is 5.68. The molecule has 1 aromatic carbocycles. The lowest BCUT2D eigenvalue weighted by molar-refractivity contribution is -0.122. The highest BCUT2D eigenvalue weighted by Gasteiger charge is 2.17. The van der Waals surface area contributed by atoms with Gasteiger partial charge in [-0.25, -0.2) is 0 Å². The molecule has 0 saturated heterocycles. The van der Waals surface area contributed by atoms with Crippen LogP contribution in [0.25, 0.3) is 0 Å². The molecule has 4 heteroatoms. The van der Waals surface area contributed by atoms with Crippen LogP contribution in [0, 0.1) is 12.8 Å². The van der Waals surface area contributed by atoms with Gasteiger partial charge < -0.3 is 11.1 Å². The van der Waals surface area contributed by atoms with Crippen molar-refractivity contribution in [1.29, 1.82) is 0 Å². The van der Waals surface area contributed by atoms with Gasteiger partial charge in [0.1, 0.15) is 6.04 Å². The molecule has 2 rings (SSSR count). The first-order valence-electron chi connectivity index (χ1n) is 7.76. The second-order valence-corrected chi connectivity index (χ2v) is 5.97. The Morgan fingerprint density at radius 2 is 1.86 bits per heavy atom. The van der Waals surface area contributed by atoms with E-state index in [0.29, 0.717) is 0 Å². The molecule has 21 heavy (non-hydrogen) atoms. The maximum atomic E-state index is 12.0.